The van der Waals surface area contributed by atoms with Crippen LogP contribution in [-0.2, 0) is 5.60 Å². The topological polar surface area (TPSA) is 20.2 Å². The van der Waals surface area contributed by atoms with E-state index in [0.717, 1.165) is 17.1 Å². The molecular formula is C13H17ClOS2. The lowest BCUT2D eigenvalue weighted by Gasteiger charge is -2.44. The number of benzene rings is 1. The van der Waals surface area contributed by atoms with Crippen molar-refractivity contribution in [1.82, 2.24) is 0 Å². The largest absolute Gasteiger partial charge is 0.383 e. The lowest BCUT2D eigenvalue weighted by atomic mass is 9.92. The van der Waals surface area contributed by atoms with E-state index in [1.807, 2.05) is 54.7 Å². The number of halogens is 1. The van der Waals surface area contributed by atoms with Crippen molar-refractivity contribution >= 4 is 35.1 Å². The van der Waals surface area contributed by atoms with Gasteiger partial charge in [-0.05, 0) is 49.5 Å². The Bertz CT molecular complexity index is 400. The molecule has 1 nitrogen and oxygen atoms in total. The number of aliphatic hydroxyl groups is 1. The summed E-state index contributed by atoms with van der Waals surface area (Å²) < 4.78 is -0.198. The lowest BCUT2D eigenvalue weighted by Crippen LogP contribution is -2.44. The SMILES string of the molecule is CC1([C@](C)(O)c2cccc(Cl)c2)SCCCS1. The summed E-state index contributed by atoms with van der Waals surface area (Å²) in [6, 6.07) is 7.55. The summed E-state index contributed by atoms with van der Waals surface area (Å²) >= 11 is 9.70. The molecule has 0 radical (unpaired) electrons. The zero-order valence-electron chi connectivity index (χ0n) is 10.1. The minimum atomic E-state index is -0.867. The van der Waals surface area contributed by atoms with Gasteiger partial charge in [-0.2, -0.15) is 0 Å². The number of hydrogen-bond acceptors (Lipinski definition) is 3. The maximum Gasteiger partial charge on any atom is 0.110 e. The van der Waals surface area contributed by atoms with Crippen LogP contribution in [-0.4, -0.2) is 20.7 Å². The first-order chi connectivity index (χ1) is 7.96. The van der Waals surface area contributed by atoms with Gasteiger partial charge in [0.2, 0.25) is 0 Å². The zero-order valence-corrected chi connectivity index (χ0v) is 12.5. The van der Waals surface area contributed by atoms with Crippen LogP contribution in [0.1, 0.15) is 25.8 Å². The molecule has 0 aromatic heterocycles. The Morgan fingerprint density at radius 2 is 2.00 bits per heavy atom. The van der Waals surface area contributed by atoms with Crippen molar-refractivity contribution in [3.05, 3.63) is 34.9 Å². The van der Waals surface area contributed by atoms with Gasteiger partial charge in [0.1, 0.15) is 5.60 Å². The molecule has 1 heterocycles. The predicted octanol–water partition coefficient (Wildman–Crippen LogP) is 4.13. The Kier molecular flexibility index (Phi) is 4.03. The number of hydrogen-bond donors (Lipinski definition) is 1. The average Bonchev–Trinajstić information content (AvgIpc) is 2.30. The molecule has 0 unspecified atom stereocenters. The molecule has 0 bridgehead atoms. The van der Waals surface area contributed by atoms with Crippen LogP contribution in [0, 0.1) is 0 Å². The van der Waals surface area contributed by atoms with E-state index in [2.05, 4.69) is 6.92 Å². The smallest absolute Gasteiger partial charge is 0.110 e. The second-order valence-corrected chi connectivity index (χ2v) is 8.30. The molecule has 0 spiro atoms. The van der Waals surface area contributed by atoms with Crippen LogP contribution in [0.2, 0.25) is 5.02 Å². The summed E-state index contributed by atoms with van der Waals surface area (Å²) in [5.41, 5.74) is 0.0302. The maximum atomic E-state index is 10.9. The van der Waals surface area contributed by atoms with Crippen LogP contribution in [0.4, 0.5) is 0 Å². The van der Waals surface area contributed by atoms with E-state index in [9.17, 15) is 5.11 Å². The Morgan fingerprint density at radius 1 is 1.35 bits per heavy atom. The van der Waals surface area contributed by atoms with Gasteiger partial charge in [0.15, 0.2) is 0 Å². The van der Waals surface area contributed by atoms with Crippen molar-refractivity contribution in [2.24, 2.45) is 0 Å². The summed E-state index contributed by atoms with van der Waals surface area (Å²) in [5.74, 6) is 2.22. The summed E-state index contributed by atoms with van der Waals surface area (Å²) in [5, 5.41) is 11.6. The summed E-state index contributed by atoms with van der Waals surface area (Å²) in [4.78, 5) is 0. The van der Waals surface area contributed by atoms with E-state index < -0.39 is 5.60 Å². The Labute approximate surface area is 116 Å². The van der Waals surface area contributed by atoms with Crippen molar-refractivity contribution in [3.8, 4) is 0 Å². The standard InChI is InChI=1S/C13H17ClOS2/c1-12(15,10-5-3-6-11(14)9-10)13(2)16-7-4-8-17-13/h3,5-6,9,15H,4,7-8H2,1-2H3/t12-/m1/s1. The highest BCUT2D eigenvalue weighted by molar-refractivity contribution is 8.18. The molecule has 0 aliphatic carbocycles. The van der Waals surface area contributed by atoms with Crippen LogP contribution >= 0.6 is 35.1 Å². The van der Waals surface area contributed by atoms with Crippen molar-refractivity contribution < 1.29 is 5.11 Å². The molecule has 1 aliphatic heterocycles. The normalized spacial score (nSPS) is 23.1. The van der Waals surface area contributed by atoms with E-state index in [1.165, 1.54) is 6.42 Å². The third-order valence-corrected chi connectivity index (χ3v) is 7.14. The number of thioether (sulfide) groups is 2. The van der Waals surface area contributed by atoms with E-state index >= 15 is 0 Å². The first kappa shape index (κ1) is 13.6. The van der Waals surface area contributed by atoms with Crippen LogP contribution in [0.15, 0.2) is 24.3 Å². The number of rotatable bonds is 2. The zero-order chi connectivity index (χ0) is 12.5. The van der Waals surface area contributed by atoms with E-state index in [4.69, 9.17) is 11.6 Å². The van der Waals surface area contributed by atoms with Gasteiger partial charge < -0.3 is 5.11 Å². The van der Waals surface area contributed by atoms with E-state index in [0.29, 0.717) is 5.02 Å². The molecule has 1 aromatic rings. The quantitative estimate of drug-likeness (QED) is 0.883. The Hall–Kier alpha value is 0.170. The third-order valence-electron chi connectivity index (χ3n) is 3.31. The lowest BCUT2D eigenvalue weighted by molar-refractivity contribution is 0.0487. The summed E-state index contributed by atoms with van der Waals surface area (Å²) in [7, 11) is 0. The molecule has 17 heavy (non-hydrogen) atoms. The molecule has 1 saturated heterocycles. The highest BCUT2D eigenvalue weighted by Gasteiger charge is 2.46. The first-order valence-electron chi connectivity index (χ1n) is 5.72. The highest BCUT2D eigenvalue weighted by Crippen LogP contribution is 2.53. The van der Waals surface area contributed by atoms with Crippen LogP contribution in [0.25, 0.3) is 0 Å². The monoisotopic (exact) mass is 288 g/mol. The van der Waals surface area contributed by atoms with E-state index in [1.54, 1.807) is 0 Å². The fraction of sp³-hybridized carbons (Fsp3) is 0.538. The molecule has 1 N–H and O–H groups in total. The molecular weight excluding hydrogens is 272 g/mol. The molecule has 1 aromatic carbocycles. The molecule has 94 valence electrons. The van der Waals surface area contributed by atoms with Gasteiger partial charge in [0.05, 0.1) is 4.08 Å². The molecule has 1 aliphatic rings. The first-order valence-corrected chi connectivity index (χ1v) is 8.07. The van der Waals surface area contributed by atoms with Crippen molar-refractivity contribution in [2.45, 2.75) is 29.9 Å². The third kappa shape index (κ3) is 2.62. The van der Waals surface area contributed by atoms with Gasteiger partial charge >= 0.3 is 0 Å². The minimum Gasteiger partial charge on any atom is -0.383 e. The van der Waals surface area contributed by atoms with Crippen molar-refractivity contribution in [2.75, 3.05) is 11.5 Å². The molecule has 0 amide bonds. The van der Waals surface area contributed by atoms with Crippen molar-refractivity contribution in [3.63, 3.8) is 0 Å². The van der Waals surface area contributed by atoms with Crippen molar-refractivity contribution in [1.29, 1.82) is 0 Å². The molecule has 2 rings (SSSR count). The maximum absolute atomic E-state index is 10.9. The highest BCUT2D eigenvalue weighted by atomic mass is 35.5. The van der Waals surface area contributed by atoms with Gasteiger partial charge in [-0.3, -0.25) is 0 Å². The average molecular weight is 289 g/mol. The summed E-state index contributed by atoms with van der Waals surface area (Å²) in [6.45, 7) is 4.02. The Balaban J connectivity index is 2.34. The van der Waals surface area contributed by atoms with Crippen LogP contribution in [0.5, 0.6) is 0 Å². The van der Waals surface area contributed by atoms with Gasteiger partial charge in [-0.1, -0.05) is 23.7 Å². The van der Waals surface area contributed by atoms with Crippen LogP contribution in [0.3, 0.4) is 0 Å². The molecule has 1 atom stereocenters. The Morgan fingerprint density at radius 3 is 2.59 bits per heavy atom. The predicted molar refractivity (Wildman–Crippen MR) is 79.0 cm³/mol. The van der Waals surface area contributed by atoms with Gasteiger partial charge in [-0.25, -0.2) is 0 Å². The molecule has 1 fully saturated rings. The molecule has 0 saturated carbocycles. The molecule has 4 heteroatoms. The van der Waals surface area contributed by atoms with Gasteiger partial charge in [0.25, 0.3) is 0 Å². The minimum absolute atomic E-state index is 0.198. The summed E-state index contributed by atoms with van der Waals surface area (Å²) in [6.07, 6.45) is 1.22. The van der Waals surface area contributed by atoms with Gasteiger partial charge in [-0.15, -0.1) is 23.5 Å². The second-order valence-electron chi connectivity index (χ2n) is 4.58. The van der Waals surface area contributed by atoms with Crippen LogP contribution < -0.4 is 0 Å². The van der Waals surface area contributed by atoms with E-state index in [-0.39, 0.29) is 4.08 Å². The second kappa shape index (κ2) is 5.04. The fourth-order valence-corrected chi connectivity index (χ4v) is 5.33. The van der Waals surface area contributed by atoms with Gasteiger partial charge in [0, 0.05) is 5.02 Å². The fourth-order valence-electron chi connectivity index (χ4n) is 1.97.